The molecule has 2 rings (SSSR count). The van der Waals surface area contributed by atoms with Gasteiger partial charge in [0.1, 0.15) is 0 Å². The smallest absolute Gasteiger partial charge is 0.0884 e. The van der Waals surface area contributed by atoms with E-state index in [1.165, 1.54) is 25.0 Å². The zero-order valence-corrected chi connectivity index (χ0v) is 11.6. The maximum atomic E-state index is 5.88. The first-order chi connectivity index (χ1) is 8.74. The Morgan fingerprint density at radius 1 is 1.44 bits per heavy atom. The summed E-state index contributed by atoms with van der Waals surface area (Å²) >= 11 is 0. The van der Waals surface area contributed by atoms with Crippen molar-refractivity contribution in [3.8, 4) is 0 Å². The highest BCUT2D eigenvalue weighted by molar-refractivity contribution is 5.07. The van der Waals surface area contributed by atoms with Gasteiger partial charge in [0, 0.05) is 6.54 Å². The van der Waals surface area contributed by atoms with Gasteiger partial charge in [-0.05, 0) is 51.1 Å². The van der Waals surface area contributed by atoms with E-state index in [1.807, 2.05) is 11.6 Å². The van der Waals surface area contributed by atoms with Crippen LogP contribution in [-0.4, -0.2) is 22.9 Å². The van der Waals surface area contributed by atoms with Crippen LogP contribution in [0.2, 0.25) is 0 Å². The molecule has 102 valence electrons. The average Bonchev–Trinajstić information content (AvgIpc) is 2.95. The summed E-state index contributed by atoms with van der Waals surface area (Å²) in [5, 5.41) is 4.43. The van der Waals surface area contributed by atoms with Gasteiger partial charge in [0.05, 0.1) is 24.6 Å². The van der Waals surface area contributed by atoms with Gasteiger partial charge < -0.3 is 10.5 Å². The third-order valence-electron chi connectivity index (χ3n) is 3.99. The molecule has 4 nitrogen and oxygen atoms in total. The van der Waals surface area contributed by atoms with E-state index in [2.05, 4.69) is 18.1 Å². The fourth-order valence-electron chi connectivity index (χ4n) is 2.95. The van der Waals surface area contributed by atoms with E-state index in [0.29, 0.717) is 18.4 Å². The van der Waals surface area contributed by atoms with Crippen molar-refractivity contribution < 1.29 is 4.74 Å². The Bertz CT molecular complexity index is 375. The summed E-state index contributed by atoms with van der Waals surface area (Å²) in [6.45, 7) is 7.36. The summed E-state index contributed by atoms with van der Waals surface area (Å²) < 4.78 is 7.89. The van der Waals surface area contributed by atoms with Crippen molar-refractivity contribution >= 4 is 0 Å². The molecule has 1 heterocycles. The number of nitrogens with zero attached hydrogens (tertiary/aromatic N) is 2. The van der Waals surface area contributed by atoms with E-state index < -0.39 is 0 Å². The largest absolute Gasteiger partial charge is 0.375 e. The molecular formula is C14H25N3O. The number of hydrogen-bond donors (Lipinski definition) is 1. The summed E-state index contributed by atoms with van der Waals surface area (Å²) in [6, 6.07) is 2.11. The van der Waals surface area contributed by atoms with Gasteiger partial charge in [-0.15, -0.1) is 0 Å². The van der Waals surface area contributed by atoms with E-state index >= 15 is 0 Å². The van der Waals surface area contributed by atoms with Gasteiger partial charge in [0.25, 0.3) is 0 Å². The molecule has 0 radical (unpaired) electrons. The Labute approximate surface area is 110 Å². The Morgan fingerprint density at radius 3 is 2.94 bits per heavy atom. The van der Waals surface area contributed by atoms with Gasteiger partial charge in [0.2, 0.25) is 0 Å². The quantitative estimate of drug-likeness (QED) is 0.842. The normalized spacial score (nSPS) is 23.7. The number of aryl methyl sites for hydroxylation is 2. The Hall–Kier alpha value is -0.870. The lowest BCUT2D eigenvalue weighted by molar-refractivity contribution is 0.0712. The first-order valence-corrected chi connectivity index (χ1v) is 7.05. The molecule has 1 saturated carbocycles. The fraction of sp³-hybridized carbons (Fsp3) is 0.786. The molecule has 1 aromatic heterocycles. The molecule has 4 heteroatoms. The minimum Gasteiger partial charge on any atom is -0.375 e. The molecule has 18 heavy (non-hydrogen) atoms. The zero-order chi connectivity index (χ0) is 13.0. The molecule has 0 aliphatic heterocycles. The number of aromatic nitrogens is 2. The maximum absolute atomic E-state index is 5.88. The summed E-state index contributed by atoms with van der Waals surface area (Å²) in [7, 11) is 0. The number of nitrogens with two attached hydrogens (primary N) is 1. The minimum absolute atomic E-state index is 0.661. The molecule has 2 unspecified atom stereocenters. The van der Waals surface area contributed by atoms with Crippen molar-refractivity contribution in [2.24, 2.45) is 17.6 Å². The Balaban J connectivity index is 1.81. The first-order valence-electron chi connectivity index (χ1n) is 7.05. The van der Waals surface area contributed by atoms with Gasteiger partial charge in [-0.1, -0.05) is 6.42 Å². The number of hydrogen-bond acceptors (Lipinski definition) is 3. The molecule has 1 fully saturated rings. The molecule has 1 aliphatic carbocycles. The third-order valence-corrected chi connectivity index (χ3v) is 3.99. The molecular weight excluding hydrogens is 226 g/mol. The first kappa shape index (κ1) is 13.6. The molecule has 1 aromatic rings. The van der Waals surface area contributed by atoms with Crippen LogP contribution in [0.1, 0.15) is 37.6 Å². The van der Waals surface area contributed by atoms with Crippen molar-refractivity contribution in [1.29, 1.82) is 0 Å². The predicted molar refractivity (Wildman–Crippen MR) is 72.2 cm³/mol. The van der Waals surface area contributed by atoms with Crippen LogP contribution in [0.15, 0.2) is 6.07 Å². The second kappa shape index (κ2) is 6.34. The van der Waals surface area contributed by atoms with Crippen LogP contribution in [-0.2, 0) is 17.9 Å². The number of rotatable bonds is 6. The topological polar surface area (TPSA) is 53.1 Å². The van der Waals surface area contributed by atoms with Crippen molar-refractivity contribution in [3.63, 3.8) is 0 Å². The van der Waals surface area contributed by atoms with Crippen LogP contribution in [0.5, 0.6) is 0 Å². The highest BCUT2D eigenvalue weighted by Gasteiger charge is 2.26. The molecule has 0 spiro atoms. The summed E-state index contributed by atoms with van der Waals surface area (Å²) in [4.78, 5) is 0. The van der Waals surface area contributed by atoms with E-state index in [1.54, 1.807) is 0 Å². The monoisotopic (exact) mass is 251 g/mol. The van der Waals surface area contributed by atoms with Gasteiger partial charge in [-0.25, -0.2) is 0 Å². The molecule has 2 N–H and O–H groups in total. The van der Waals surface area contributed by atoms with Crippen LogP contribution in [0.4, 0.5) is 0 Å². The van der Waals surface area contributed by atoms with Gasteiger partial charge in [0.15, 0.2) is 0 Å². The summed E-state index contributed by atoms with van der Waals surface area (Å²) in [6.07, 6.45) is 3.85. The van der Waals surface area contributed by atoms with Crippen LogP contribution < -0.4 is 5.73 Å². The maximum Gasteiger partial charge on any atom is 0.0884 e. The lowest BCUT2D eigenvalue weighted by Gasteiger charge is -2.17. The second-order valence-corrected chi connectivity index (χ2v) is 5.29. The van der Waals surface area contributed by atoms with Crippen molar-refractivity contribution in [2.45, 2.75) is 46.3 Å². The molecule has 0 aromatic carbocycles. The summed E-state index contributed by atoms with van der Waals surface area (Å²) in [5.41, 5.74) is 8.03. The molecule has 0 bridgehead atoms. The van der Waals surface area contributed by atoms with Crippen LogP contribution >= 0.6 is 0 Å². The van der Waals surface area contributed by atoms with E-state index in [9.17, 15) is 0 Å². The van der Waals surface area contributed by atoms with Crippen molar-refractivity contribution in [2.75, 3.05) is 13.2 Å². The third kappa shape index (κ3) is 3.12. The fourth-order valence-corrected chi connectivity index (χ4v) is 2.95. The van der Waals surface area contributed by atoms with Crippen LogP contribution in [0.3, 0.4) is 0 Å². The average molecular weight is 251 g/mol. The molecule has 0 amide bonds. The summed E-state index contributed by atoms with van der Waals surface area (Å²) in [5.74, 6) is 1.33. The highest BCUT2D eigenvalue weighted by atomic mass is 16.5. The lowest BCUT2D eigenvalue weighted by atomic mass is 9.97. The van der Waals surface area contributed by atoms with Gasteiger partial charge in [-0.2, -0.15) is 5.10 Å². The second-order valence-electron chi connectivity index (χ2n) is 5.29. The SMILES string of the molecule is CCn1nc(C)cc1COCC1CCCC1CN. The predicted octanol–water partition coefficient (Wildman–Crippen LogP) is 2.10. The van der Waals surface area contributed by atoms with Crippen LogP contribution in [0, 0.1) is 18.8 Å². The minimum atomic E-state index is 0.661. The van der Waals surface area contributed by atoms with E-state index in [4.69, 9.17) is 10.5 Å². The molecule has 2 atom stereocenters. The van der Waals surface area contributed by atoms with Crippen molar-refractivity contribution in [1.82, 2.24) is 9.78 Å². The van der Waals surface area contributed by atoms with Crippen LogP contribution in [0.25, 0.3) is 0 Å². The standard InChI is InChI=1S/C14H25N3O/c1-3-17-14(7-11(2)16-17)10-18-9-13-6-4-5-12(13)8-15/h7,12-13H,3-6,8-10,15H2,1-2H3. The lowest BCUT2D eigenvalue weighted by Crippen LogP contribution is -2.22. The zero-order valence-electron chi connectivity index (χ0n) is 11.6. The number of ether oxygens (including phenoxy) is 1. The van der Waals surface area contributed by atoms with Gasteiger partial charge in [-0.3, -0.25) is 4.68 Å². The molecule has 1 aliphatic rings. The Morgan fingerprint density at radius 2 is 2.22 bits per heavy atom. The van der Waals surface area contributed by atoms with E-state index in [0.717, 1.165) is 25.4 Å². The van der Waals surface area contributed by atoms with Gasteiger partial charge >= 0.3 is 0 Å². The Kier molecular flexibility index (Phi) is 4.78. The highest BCUT2D eigenvalue weighted by Crippen LogP contribution is 2.31. The molecule has 0 saturated heterocycles. The van der Waals surface area contributed by atoms with Crippen molar-refractivity contribution in [3.05, 3.63) is 17.5 Å². The van der Waals surface area contributed by atoms with E-state index in [-0.39, 0.29) is 0 Å².